The third-order valence-corrected chi connectivity index (χ3v) is 2.69. The van der Waals surface area contributed by atoms with Gasteiger partial charge in [-0.1, -0.05) is 5.16 Å². The smallest absolute Gasteiger partial charge is 0.191 e. The monoisotopic (exact) mass is 262 g/mol. The predicted molar refractivity (Wildman–Crippen MR) is 71.7 cm³/mol. The summed E-state index contributed by atoms with van der Waals surface area (Å²) in [4.78, 5) is 4.15. The van der Waals surface area contributed by atoms with Crippen molar-refractivity contribution in [3.8, 4) is 0 Å². The number of aromatic nitrogens is 1. The van der Waals surface area contributed by atoms with Crippen LogP contribution in [0, 0.1) is 6.92 Å². The van der Waals surface area contributed by atoms with Gasteiger partial charge in [-0.05, 0) is 26.0 Å². The Morgan fingerprint density at radius 1 is 1.42 bits per heavy atom. The molecule has 0 aliphatic carbocycles. The van der Waals surface area contributed by atoms with Crippen LogP contribution in [0.3, 0.4) is 0 Å². The standard InChI is InChI=1S/C13H18N4O2/c1-9-4-5-12(19-9)10(2)16-13(14-3)15-8-11-6-7-18-17-11/h4-7,10H,8H2,1-3H3,(H2,14,15,16). The van der Waals surface area contributed by atoms with Gasteiger partial charge in [-0.25, -0.2) is 0 Å². The van der Waals surface area contributed by atoms with Gasteiger partial charge in [0.05, 0.1) is 12.6 Å². The predicted octanol–water partition coefficient (Wildman–Crippen LogP) is 2.00. The van der Waals surface area contributed by atoms with Crippen molar-refractivity contribution in [2.75, 3.05) is 7.05 Å². The van der Waals surface area contributed by atoms with Gasteiger partial charge in [0.1, 0.15) is 23.5 Å². The van der Waals surface area contributed by atoms with E-state index in [1.807, 2.05) is 26.0 Å². The van der Waals surface area contributed by atoms with Gasteiger partial charge in [-0.3, -0.25) is 4.99 Å². The summed E-state index contributed by atoms with van der Waals surface area (Å²) in [5.41, 5.74) is 0.824. The van der Waals surface area contributed by atoms with Gasteiger partial charge >= 0.3 is 0 Å². The van der Waals surface area contributed by atoms with E-state index in [0.717, 1.165) is 17.2 Å². The second-order valence-corrected chi connectivity index (χ2v) is 4.23. The number of rotatable bonds is 4. The number of nitrogens with one attached hydrogen (secondary N) is 2. The first-order valence-corrected chi connectivity index (χ1v) is 6.12. The van der Waals surface area contributed by atoms with Crippen LogP contribution in [0.5, 0.6) is 0 Å². The summed E-state index contributed by atoms with van der Waals surface area (Å²) in [6, 6.07) is 5.74. The average Bonchev–Trinajstić information content (AvgIpc) is 3.05. The Labute approximate surface area is 111 Å². The highest BCUT2D eigenvalue weighted by atomic mass is 16.5. The van der Waals surface area contributed by atoms with E-state index in [4.69, 9.17) is 8.94 Å². The molecule has 2 N–H and O–H groups in total. The summed E-state index contributed by atoms with van der Waals surface area (Å²) < 4.78 is 10.3. The van der Waals surface area contributed by atoms with Crippen LogP contribution in [0.25, 0.3) is 0 Å². The molecule has 0 fully saturated rings. The highest BCUT2D eigenvalue weighted by molar-refractivity contribution is 5.79. The lowest BCUT2D eigenvalue weighted by Gasteiger charge is -2.15. The summed E-state index contributed by atoms with van der Waals surface area (Å²) in [6.45, 7) is 4.50. The van der Waals surface area contributed by atoms with Crippen molar-refractivity contribution < 1.29 is 8.94 Å². The van der Waals surface area contributed by atoms with Gasteiger partial charge in [0.25, 0.3) is 0 Å². The number of furan rings is 1. The molecule has 0 amide bonds. The Balaban J connectivity index is 1.88. The van der Waals surface area contributed by atoms with E-state index in [0.29, 0.717) is 12.5 Å². The third-order valence-electron chi connectivity index (χ3n) is 2.69. The minimum Gasteiger partial charge on any atom is -0.464 e. The zero-order valence-corrected chi connectivity index (χ0v) is 11.3. The van der Waals surface area contributed by atoms with E-state index in [-0.39, 0.29) is 6.04 Å². The molecule has 2 aromatic rings. The molecule has 19 heavy (non-hydrogen) atoms. The van der Waals surface area contributed by atoms with Crippen molar-refractivity contribution in [1.82, 2.24) is 15.8 Å². The van der Waals surface area contributed by atoms with Gasteiger partial charge in [-0.2, -0.15) is 0 Å². The van der Waals surface area contributed by atoms with E-state index >= 15 is 0 Å². The first kappa shape index (κ1) is 13.2. The molecule has 6 heteroatoms. The number of aryl methyl sites for hydroxylation is 1. The largest absolute Gasteiger partial charge is 0.464 e. The van der Waals surface area contributed by atoms with E-state index in [1.165, 1.54) is 0 Å². The lowest BCUT2D eigenvalue weighted by molar-refractivity contribution is 0.410. The second-order valence-electron chi connectivity index (χ2n) is 4.23. The SMILES string of the molecule is CN=C(NCc1ccon1)NC(C)c1ccc(C)o1. The normalized spacial score (nSPS) is 13.3. The number of hydrogen-bond acceptors (Lipinski definition) is 4. The molecule has 1 unspecified atom stereocenters. The van der Waals surface area contributed by atoms with Crippen molar-refractivity contribution >= 4 is 5.96 Å². The Kier molecular flexibility index (Phi) is 4.22. The van der Waals surface area contributed by atoms with Crippen LogP contribution >= 0.6 is 0 Å². The Bertz CT molecular complexity index is 531. The maximum Gasteiger partial charge on any atom is 0.191 e. The molecule has 0 bridgehead atoms. The molecule has 0 aliphatic heterocycles. The molecule has 2 heterocycles. The van der Waals surface area contributed by atoms with E-state index in [1.54, 1.807) is 19.4 Å². The topological polar surface area (TPSA) is 75.6 Å². The number of nitrogens with zero attached hydrogens (tertiary/aromatic N) is 2. The summed E-state index contributed by atoms with van der Waals surface area (Å²) in [5, 5.41) is 10.2. The average molecular weight is 262 g/mol. The van der Waals surface area contributed by atoms with E-state index in [9.17, 15) is 0 Å². The van der Waals surface area contributed by atoms with Crippen LogP contribution < -0.4 is 10.6 Å². The second kappa shape index (κ2) is 6.08. The lowest BCUT2D eigenvalue weighted by atomic mass is 10.2. The van der Waals surface area contributed by atoms with E-state index < -0.39 is 0 Å². The van der Waals surface area contributed by atoms with Gasteiger partial charge < -0.3 is 19.6 Å². The van der Waals surface area contributed by atoms with Gasteiger partial charge in [0.15, 0.2) is 5.96 Å². The number of hydrogen-bond donors (Lipinski definition) is 2. The lowest BCUT2D eigenvalue weighted by Crippen LogP contribution is -2.38. The van der Waals surface area contributed by atoms with Crippen molar-refractivity contribution in [3.63, 3.8) is 0 Å². The molecule has 0 radical (unpaired) electrons. The van der Waals surface area contributed by atoms with Crippen LogP contribution in [0.2, 0.25) is 0 Å². The highest BCUT2D eigenvalue weighted by Gasteiger charge is 2.11. The molecule has 0 aromatic carbocycles. The van der Waals surface area contributed by atoms with Crippen LogP contribution in [0.4, 0.5) is 0 Å². The molecule has 0 spiro atoms. The maximum absolute atomic E-state index is 5.57. The molecule has 2 aromatic heterocycles. The minimum atomic E-state index is 0.0391. The number of guanidine groups is 1. The first-order chi connectivity index (χ1) is 9.19. The first-order valence-electron chi connectivity index (χ1n) is 6.12. The molecule has 0 saturated carbocycles. The van der Waals surface area contributed by atoms with Crippen LogP contribution in [0.1, 0.15) is 30.2 Å². The Morgan fingerprint density at radius 2 is 2.26 bits per heavy atom. The molecule has 0 aliphatic rings. The zero-order valence-electron chi connectivity index (χ0n) is 11.3. The van der Waals surface area contributed by atoms with Crippen molar-refractivity contribution in [3.05, 3.63) is 41.7 Å². The fourth-order valence-corrected chi connectivity index (χ4v) is 1.66. The summed E-state index contributed by atoms with van der Waals surface area (Å²) in [5.74, 6) is 2.46. The third kappa shape index (κ3) is 3.61. The molecular formula is C13H18N4O2. The molecule has 6 nitrogen and oxygen atoms in total. The van der Waals surface area contributed by atoms with E-state index in [2.05, 4.69) is 20.8 Å². The molecule has 0 saturated heterocycles. The van der Waals surface area contributed by atoms with Gasteiger partial charge in [0.2, 0.25) is 0 Å². The van der Waals surface area contributed by atoms with Crippen molar-refractivity contribution in [1.29, 1.82) is 0 Å². The van der Waals surface area contributed by atoms with Crippen LogP contribution in [-0.2, 0) is 6.54 Å². The maximum atomic E-state index is 5.57. The summed E-state index contributed by atoms with van der Waals surface area (Å²) >= 11 is 0. The molecule has 102 valence electrons. The Morgan fingerprint density at radius 3 is 2.84 bits per heavy atom. The highest BCUT2D eigenvalue weighted by Crippen LogP contribution is 2.15. The zero-order chi connectivity index (χ0) is 13.7. The van der Waals surface area contributed by atoms with Gasteiger partial charge in [-0.15, -0.1) is 0 Å². The molecular weight excluding hydrogens is 244 g/mol. The number of aliphatic imine (C=N–C) groups is 1. The van der Waals surface area contributed by atoms with Crippen LogP contribution in [-0.4, -0.2) is 18.2 Å². The van der Waals surface area contributed by atoms with Crippen LogP contribution in [0.15, 0.2) is 38.4 Å². The van der Waals surface area contributed by atoms with Crippen molar-refractivity contribution in [2.24, 2.45) is 4.99 Å². The fourth-order valence-electron chi connectivity index (χ4n) is 1.66. The minimum absolute atomic E-state index is 0.0391. The fraction of sp³-hybridized carbons (Fsp3) is 0.385. The van der Waals surface area contributed by atoms with Gasteiger partial charge in [0, 0.05) is 13.1 Å². The molecule has 2 rings (SSSR count). The Hall–Kier alpha value is -2.24. The quantitative estimate of drug-likeness (QED) is 0.651. The summed E-state index contributed by atoms with van der Waals surface area (Å²) in [6.07, 6.45) is 1.54. The molecule has 1 atom stereocenters. The van der Waals surface area contributed by atoms with Crippen molar-refractivity contribution in [2.45, 2.75) is 26.4 Å². The summed E-state index contributed by atoms with van der Waals surface area (Å²) in [7, 11) is 1.72.